The van der Waals surface area contributed by atoms with E-state index in [4.69, 9.17) is 4.74 Å². The number of hydrogen-bond donors (Lipinski definition) is 0. The lowest BCUT2D eigenvalue weighted by Gasteiger charge is -2.17. The lowest BCUT2D eigenvalue weighted by atomic mass is 9.85. The third kappa shape index (κ3) is 2.64. The second-order valence-electron chi connectivity index (χ2n) is 8.17. The first-order valence-electron chi connectivity index (χ1n) is 9.90. The van der Waals surface area contributed by atoms with Crippen molar-refractivity contribution in [2.45, 2.75) is 20.3 Å². The van der Waals surface area contributed by atoms with E-state index in [9.17, 15) is 14.4 Å². The summed E-state index contributed by atoms with van der Waals surface area (Å²) in [6, 6.07) is 12.2. The van der Waals surface area contributed by atoms with E-state index in [1.54, 1.807) is 24.3 Å². The van der Waals surface area contributed by atoms with Crippen LogP contribution in [0.4, 0.5) is 5.69 Å². The maximum absolute atomic E-state index is 12.9. The number of allylic oxidation sites excluding steroid dienone is 2. The van der Waals surface area contributed by atoms with Gasteiger partial charge in [0, 0.05) is 0 Å². The SMILES string of the molecule is Cc1cccc(C)c1OC(=O)c1ccc(N2C(=O)[C@@H]3[C@@H](C2=O)[C@@H]2C=C[C@@H]3C2)cc1. The van der Waals surface area contributed by atoms with Crippen LogP contribution in [0.2, 0.25) is 0 Å². The molecule has 2 aliphatic carbocycles. The molecule has 5 rings (SSSR count). The largest absolute Gasteiger partial charge is 0.422 e. The molecule has 29 heavy (non-hydrogen) atoms. The molecule has 1 saturated carbocycles. The number of aryl methyl sites for hydroxylation is 2. The maximum atomic E-state index is 12.9. The molecule has 0 unspecified atom stereocenters. The van der Waals surface area contributed by atoms with Crippen LogP contribution in [0, 0.1) is 37.5 Å². The van der Waals surface area contributed by atoms with Gasteiger partial charge in [0.15, 0.2) is 0 Å². The summed E-state index contributed by atoms with van der Waals surface area (Å²) in [4.78, 5) is 39.7. The molecule has 5 heteroatoms. The Morgan fingerprint density at radius 1 is 0.897 bits per heavy atom. The number of imide groups is 1. The van der Waals surface area contributed by atoms with Crippen molar-refractivity contribution >= 4 is 23.5 Å². The van der Waals surface area contributed by atoms with Gasteiger partial charge in [0.25, 0.3) is 0 Å². The molecule has 2 bridgehead atoms. The molecular weight excluding hydrogens is 366 g/mol. The van der Waals surface area contributed by atoms with E-state index in [2.05, 4.69) is 12.2 Å². The highest BCUT2D eigenvalue weighted by atomic mass is 16.5. The quantitative estimate of drug-likeness (QED) is 0.347. The number of para-hydroxylation sites is 1. The summed E-state index contributed by atoms with van der Waals surface area (Å²) >= 11 is 0. The van der Waals surface area contributed by atoms with Crippen molar-refractivity contribution in [2.75, 3.05) is 4.90 Å². The first-order chi connectivity index (χ1) is 14.0. The van der Waals surface area contributed by atoms with Crippen LogP contribution in [0.1, 0.15) is 27.9 Å². The molecule has 2 fully saturated rings. The number of benzene rings is 2. The highest BCUT2D eigenvalue weighted by Gasteiger charge is 2.59. The fraction of sp³-hybridized carbons (Fsp3) is 0.292. The standard InChI is InChI=1S/C24H21NO4/c1-13-4-3-5-14(2)21(13)29-24(28)15-8-10-18(11-9-15)25-22(26)19-16-6-7-17(12-16)20(19)23(25)27/h3-11,16-17,19-20H,12H2,1-2H3/t16-,17-,19+,20+/m1/s1. The van der Waals surface area contributed by atoms with E-state index in [0.717, 1.165) is 17.5 Å². The Morgan fingerprint density at radius 2 is 1.45 bits per heavy atom. The number of amides is 2. The van der Waals surface area contributed by atoms with Gasteiger partial charge in [-0.3, -0.25) is 14.5 Å². The fourth-order valence-electron chi connectivity index (χ4n) is 5.02. The number of esters is 1. The summed E-state index contributed by atoms with van der Waals surface area (Å²) in [5.41, 5.74) is 2.66. The highest BCUT2D eigenvalue weighted by Crippen LogP contribution is 2.53. The zero-order valence-electron chi connectivity index (χ0n) is 16.3. The topological polar surface area (TPSA) is 63.7 Å². The van der Waals surface area contributed by atoms with Crippen LogP contribution in [0.3, 0.4) is 0 Å². The molecule has 2 amide bonds. The Balaban J connectivity index is 1.36. The minimum atomic E-state index is -0.466. The van der Waals surface area contributed by atoms with Gasteiger partial charge in [-0.25, -0.2) is 4.79 Å². The van der Waals surface area contributed by atoms with Crippen molar-refractivity contribution in [3.63, 3.8) is 0 Å². The van der Waals surface area contributed by atoms with Crippen molar-refractivity contribution in [3.8, 4) is 5.75 Å². The molecule has 5 nitrogen and oxygen atoms in total. The molecule has 1 heterocycles. The number of anilines is 1. The molecular formula is C24H21NO4. The molecule has 146 valence electrons. The number of rotatable bonds is 3. The van der Waals surface area contributed by atoms with Crippen molar-refractivity contribution in [3.05, 3.63) is 71.3 Å². The average molecular weight is 387 g/mol. The zero-order chi connectivity index (χ0) is 20.3. The number of hydrogen-bond acceptors (Lipinski definition) is 4. The maximum Gasteiger partial charge on any atom is 0.343 e. The summed E-state index contributed by atoms with van der Waals surface area (Å²) in [6.45, 7) is 3.78. The summed E-state index contributed by atoms with van der Waals surface area (Å²) in [7, 11) is 0. The minimum Gasteiger partial charge on any atom is -0.422 e. The molecule has 1 saturated heterocycles. The third-order valence-corrected chi connectivity index (χ3v) is 6.44. The van der Waals surface area contributed by atoms with Crippen molar-refractivity contribution in [1.82, 2.24) is 0 Å². The van der Waals surface area contributed by atoms with Gasteiger partial charge in [0.2, 0.25) is 11.8 Å². The van der Waals surface area contributed by atoms with Gasteiger partial charge in [-0.05, 0) is 67.5 Å². The fourth-order valence-corrected chi connectivity index (χ4v) is 5.02. The lowest BCUT2D eigenvalue weighted by molar-refractivity contribution is -0.123. The van der Waals surface area contributed by atoms with Crippen molar-refractivity contribution < 1.29 is 19.1 Å². The van der Waals surface area contributed by atoms with Gasteiger partial charge in [0.05, 0.1) is 23.1 Å². The monoisotopic (exact) mass is 387 g/mol. The van der Waals surface area contributed by atoms with Gasteiger partial charge in [-0.15, -0.1) is 0 Å². The summed E-state index contributed by atoms with van der Waals surface area (Å²) in [5, 5.41) is 0. The molecule has 1 aliphatic heterocycles. The summed E-state index contributed by atoms with van der Waals surface area (Å²) in [6.07, 6.45) is 5.06. The number of carbonyl (C=O) groups excluding carboxylic acids is 3. The highest BCUT2D eigenvalue weighted by molar-refractivity contribution is 6.22. The van der Waals surface area contributed by atoms with Crippen LogP contribution in [0.5, 0.6) is 5.75 Å². The molecule has 0 spiro atoms. The van der Waals surface area contributed by atoms with Crippen molar-refractivity contribution in [1.29, 1.82) is 0 Å². The number of fused-ring (bicyclic) bond motifs is 5. The van der Waals surface area contributed by atoms with Crippen LogP contribution >= 0.6 is 0 Å². The molecule has 4 atom stereocenters. The van der Waals surface area contributed by atoms with E-state index in [-0.39, 0.29) is 35.5 Å². The van der Waals surface area contributed by atoms with Gasteiger partial charge in [-0.1, -0.05) is 30.4 Å². The van der Waals surface area contributed by atoms with Gasteiger partial charge in [-0.2, -0.15) is 0 Å². The summed E-state index contributed by atoms with van der Waals surface area (Å²) in [5.74, 6) is -0.256. The molecule has 0 radical (unpaired) electrons. The Bertz CT molecular complexity index is 1020. The molecule has 3 aliphatic rings. The summed E-state index contributed by atoms with van der Waals surface area (Å²) < 4.78 is 5.57. The lowest BCUT2D eigenvalue weighted by Crippen LogP contribution is -2.32. The predicted octanol–water partition coefficient (Wildman–Crippen LogP) is 3.83. The Kier molecular flexibility index (Phi) is 3.95. The van der Waals surface area contributed by atoms with Crippen LogP contribution < -0.4 is 9.64 Å². The second-order valence-corrected chi connectivity index (χ2v) is 8.17. The number of nitrogens with zero attached hydrogens (tertiary/aromatic N) is 1. The molecule has 0 N–H and O–H groups in total. The predicted molar refractivity (Wildman–Crippen MR) is 108 cm³/mol. The normalized spacial score (nSPS) is 26.9. The van der Waals surface area contributed by atoms with Gasteiger partial charge in [0.1, 0.15) is 5.75 Å². The zero-order valence-corrected chi connectivity index (χ0v) is 16.3. The van der Waals surface area contributed by atoms with E-state index >= 15 is 0 Å². The van der Waals surface area contributed by atoms with E-state index < -0.39 is 5.97 Å². The number of ether oxygens (including phenoxy) is 1. The molecule has 2 aromatic rings. The van der Waals surface area contributed by atoms with Gasteiger partial charge >= 0.3 is 5.97 Å². The van der Waals surface area contributed by atoms with E-state index in [0.29, 0.717) is 17.0 Å². The van der Waals surface area contributed by atoms with Crippen LogP contribution in [0.25, 0.3) is 0 Å². The van der Waals surface area contributed by atoms with Crippen LogP contribution in [-0.2, 0) is 9.59 Å². The first-order valence-corrected chi connectivity index (χ1v) is 9.90. The molecule has 2 aromatic carbocycles. The third-order valence-electron chi connectivity index (χ3n) is 6.44. The van der Waals surface area contributed by atoms with Crippen LogP contribution in [0.15, 0.2) is 54.6 Å². The van der Waals surface area contributed by atoms with E-state index in [1.165, 1.54) is 4.90 Å². The number of carbonyl (C=O) groups is 3. The van der Waals surface area contributed by atoms with Crippen molar-refractivity contribution in [2.24, 2.45) is 23.7 Å². The minimum absolute atomic E-state index is 0.122. The average Bonchev–Trinajstić information content (AvgIpc) is 3.39. The first kappa shape index (κ1) is 17.9. The van der Waals surface area contributed by atoms with Gasteiger partial charge < -0.3 is 4.74 Å². The molecule has 0 aromatic heterocycles. The van der Waals surface area contributed by atoms with E-state index in [1.807, 2.05) is 32.0 Å². The van der Waals surface area contributed by atoms with Crippen LogP contribution in [-0.4, -0.2) is 17.8 Å². The smallest absolute Gasteiger partial charge is 0.343 e. The Hall–Kier alpha value is -3.21. The Morgan fingerprint density at radius 3 is 2.00 bits per heavy atom. The second kappa shape index (κ2) is 6.41. The Labute approximate surface area is 169 Å².